The molecule has 0 heterocycles. The highest BCUT2D eigenvalue weighted by Crippen LogP contribution is 2.34. The van der Waals surface area contributed by atoms with Gasteiger partial charge in [0, 0.05) is 24.3 Å². The lowest BCUT2D eigenvalue weighted by Crippen LogP contribution is -2.55. The molecule has 4 rings (SSSR count). The maximum atomic E-state index is 13.0. The lowest BCUT2D eigenvalue weighted by atomic mass is 9.95. The Hall–Kier alpha value is -3.18. The van der Waals surface area contributed by atoms with Crippen molar-refractivity contribution in [1.29, 1.82) is 0 Å². The third-order valence-electron chi connectivity index (χ3n) is 5.71. The molecule has 6 heteroatoms. The Kier molecular flexibility index (Phi) is 5.79. The number of carboxylic acids is 1. The zero-order valence-electron chi connectivity index (χ0n) is 16.7. The number of rotatable bonds is 6. The van der Waals surface area contributed by atoms with E-state index in [1.54, 1.807) is 12.1 Å². The van der Waals surface area contributed by atoms with Gasteiger partial charge in [0.15, 0.2) is 0 Å². The SMILES string of the molecule is O=C(CCc1ccc(F)cc1)NC1(C(=O)O)Cc2ccc(-c3ccc(Cl)cc3)cc2C1. The predicted octanol–water partition coefficient (Wildman–Crippen LogP) is 4.82. The van der Waals surface area contributed by atoms with Crippen molar-refractivity contribution < 1.29 is 19.1 Å². The van der Waals surface area contributed by atoms with Crippen LogP contribution in [0.4, 0.5) is 4.39 Å². The van der Waals surface area contributed by atoms with Gasteiger partial charge in [-0.05, 0) is 58.5 Å². The molecule has 0 saturated carbocycles. The van der Waals surface area contributed by atoms with E-state index in [9.17, 15) is 19.1 Å². The number of nitrogens with one attached hydrogen (secondary N) is 1. The van der Waals surface area contributed by atoms with E-state index in [1.165, 1.54) is 12.1 Å². The monoisotopic (exact) mass is 437 g/mol. The summed E-state index contributed by atoms with van der Waals surface area (Å²) < 4.78 is 13.0. The summed E-state index contributed by atoms with van der Waals surface area (Å²) in [5.41, 5.74) is 3.25. The number of fused-ring (bicyclic) bond motifs is 1. The number of hydrogen-bond acceptors (Lipinski definition) is 2. The molecule has 1 aliphatic carbocycles. The van der Waals surface area contributed by atoms with Crippen LogP contribution in [-0.2, 0) is 28.9 Å². The quantitative estimate of drug-likeness (QED) is 0.581. The van der Waals surface area contributed by atoms with Gasteiger partial charge >= 0.3 is 5.97 Å². The molecule has 0 aromatic heterocycles. The fourth-order valence-electron chi connectivity index (χ4n) is 4.03. The van der Waals surface area contributed by atoms with Crippen LogP contribution >= 0.6 is 11.6 Å². The highest BCUT2D eigenvalue weighted by Gasteiger charge is 2.45. The minimum absolute atomic E-state index is 0.132. The van der Waals surface area contributed by atoms with Crippen LogP contribution in [0.1, 0.15) is 23.1 Å². The van der Waals surface area contributed by atoms with Crippen molar-refractivity contribution in [1.82, 2.24) is 5.32 Å². The van der Waals surface area contributed by atoms with Gasteiger partial charge in [-0.15, -0.1) is 0 Å². The molecule has 1 aliphatic rings. The summed E-state index contributed by atoms with van der Waals surface area (Å²) in [6, 6.07) is 19.3. The van der Waals surface area contributed by atoms with Crippen molar-refractivity contribution in [2.45, 2.75) is 31.2 Å². The van der Waals surface area contributed by atoms with Crippen LogP contribution < -0.4 is 5.32 Å². The number of halogens is 2. The largest absolute Gasteiger partial charge is 0.479 e. The zero-order chi connectivity index (χ0) is 22.0. The van der Waals surface area contributed by atoms with E-state index >= 15 is 0 Å². The van der Waals surface area contributed by atoms with Crippen molar-refractivity contribution >= 4 is 23.5 Å². The first kappa shape index (κ1) is 21.1. The van der Waals surface area contributed by atoms with Crippen molar-refractivity contribution in [2.75, 3.05) is 0 Å². The van der Waals surface area contributed by atoms with Crippen molar-refractivity contribution in [2.24, 2.45) is 0 Å². The first-order valence-corrected chi connectivity index (χ1v) is 10.4. The van der Waals surface area contributed by atoms with E-state index < -0.39 is 11.5 Å². The van der Waals surface area contributed by atoms with Gasteiger partial charge in [0.25, 0.3) is 0 Å². The molecule has 0 bridgehead atoms. The molecule has 1 amide bonds. The number of carbonyl (C=O) groups excluding carboxylic acids is 1. The molecule has 0 spiro atoms. The lowest BCUT2D eigenvalue weighted by molar-refractivity contribution is -0.147. The Labute approximate surface area is 184 Å². The topological polar surface area (TPSA) is 66.4 Å². The van der Waals surface area contributed by atoms with Crippen LogP contribution in [-0.4, -0.2) is 22.5 Å². The Morgan fingerprint density at radius 1 is 0.935 bits per heavy atom. The number of aryl methyl sites for hydroxylation is 1. The number of carbonyl (C=O) groups is 2. The van der Waals surface area contributed by atoms with E-state index in [1.807, 2.05) is 42.5 Å². The van der Waals surface area contributed by atoms with Crippen molar-refractivity contribution in [3.63, 3.8) is 0 Å². The Morgan fingerprint density at radius 3 is 2.26 bits per heavy atom. The first-order chi connectivity index (χ1) is 14.8. The summed E-state index contributed by atoms with van der Waals surface area (Å²) in [6.45, 7) is 0. The maximum Gasteiger partial charge on any atom is 0.330 e. The summed E-state index contributed by atoms with van der Waals surface area (Å²) in [7, 11) is 0. The zero-order valence-corrected chi connectivity index (χ0v) is 17.5. The van der Waals surface area contributed by atoms with Gasteiger partial charge in [-0.3, -0.25) is 4.79 Å². The average molecular weight is 438 g/mol. The average Bonchev–Trinajstić information content (AvgIpc) is 3.12. The molecule has 3 aromatic rings. The molecule has 0 radical (unpaired) electrons. The third kappa shape index (κ3) is 4.62. The molecular formula is C25H21ClFNO3. The highest BCUT2D eigenvalue weighted by molar-refractivity contribution is 6.30. The number of benzene rings is 3. The smallest absolute Gasteiger partial charge is 0.330 e. The lowest BCUT2D eigenvalue weighted by Gasteiger charge is -2.25. The van der Waals surface area contributed by atoms with Crippen LogP contribution in [0.2, 0.25) is 5.02 Å². The van der Waals surface area contributed by atoms with E-state index in [0.29, 0.717) is 11.4 Å². The van der Waals surface area contributed by atoms with E-state index in [2.05, 4.69) is 5.32 Å². The van der Waals surface area contributed by atoms with E-state index in [-0.39, 0.29) is 31.0 Å². The van der Waals surface area contributed by atoms with Gasteiger partial charge in [0.2, 0.25) is 5.91 Å². The molecule has 2 N–H and O–H groups in total. The Morgan fingerprint density at radius 2 is 1.58 bits per heavy atom. The van der Waals surface area contributed by atoms with Crippen molar-refractivity contribution in [3.05, 3.63) is 94.3 Å². The predicted molar refractivity (Wildman–Crippen MR) is 118 cm³/mol. The van der Waals surface area contributed by atoms with Crippen LogP contribution in [0.3, 0.4) is 0 Å². The van der Waals surface area contributed by atoms with Crippen molar-refractivity contribution in [3.8, 4) is 11.1 Å². The molecule has 0 fully saturated rings. The summed E-state index contributed by atoms with van der Waals surface area (Å²) in [5.74, 6) is -1.72. The Balaban J connectivity index is 1.48. The molecule has 31 heavy (non-hydrogen) atoms. The summed E-state index contributed by atoms with van der Waals surface area (Å²) in [5, 5.41) is 13.4. The second-order valence-corrected chi connectivity index (χ2v) is 8.34. The molecule has 1 atom stereocenters. The van der Waals surface area contributed by atoms with Gasteiger partial charge in [-0.2, -0.15) is 0 Å². The number of hydrogen-bond donors (Lipinski definition) is 2. The maximum absolute atomic E-state index is 13.0. The normalized spacial score (nSPS) is 17.2. The highest BCUT2D eigenvalue weighted by atomic mass is 35.5. The summed E-state index contributed by atoms with van der Waals surface area (Å²) >= 11 is 5.96. The second-order valence-electron chi connectivity index (χ2n) is 7.91. The van der Waals surface area contributed by atoms with E-state index in [0.717, 1.165) is 27.8 Å². The summed E-state index contributed by atoms with van der Waals surface area (Å²) in [4.78, 5) is 24.7. The van der Waals surface area contributed by atoms with Crippen LogP contribution in [0.25, 0.3) is 11.1 Å². The number of amides is 1. The molecular weight excluding hydrogens is 417 g/mol. The molecule has 0 saturated heterocycles. The van der Waals surface area contributed by atoms with Crippen LogP contribution in [0.15, 0.2) is 66.7 Å². The molecule has 0 aliphatic heterocycles. The fraction of sp³-hybridized carbons (Fsp3) is 0.200. The standard InChI is InChI=1S/C25H21ClFNO3/c26-21-8-6-17(7-9-21)18-4-5-19-14-25(24(30)31,15-20(19)13-18)28-23(29)12-3-16-1-10-22(27)11-2-16/h1-2,4-11,13H,3,12,14-15H2,(H,28,29)(H,30,31). The van der Waals surface area contributed by atoms with Gasteiger partial charge in [-0.25, -0.2) is 9.18 Å². The molecule has 1 unspecified atom stereocenters. The molecule has 158 valence electrons. The second kappa shape index (κ2) is 8.52. The fourth-order valence-corrected chi connectivity index (χ4v) is 4.15. The van der Waals surface area contributed by atoms with Gasteiger partial charge in [0.05, 0.1) is 0 Å². The minimum atomic E-state index is -1.36. The number of carboxylic acid groups (broad SMARTS) is 1. The van der Waals surface area contributed by atoms with Gasteiger partial charge < -0.3 is 10.4 Å². The van der Waals surface area contributed by atoms with Crippen LogP contribution in [0.5, 0.6) is 0 Å². The van der Waals surface area contributed by atoms with Gasteiger partial charge in [0.1, 0.15) is 11.4 Å². The molecule has 4 nitrogen and oxygen atoms in total. The summed E-state index contributed by atoms with van der Waals surface area (Å²) in [6.07, 6.45) is 1.00. The third-order valence-corrected chi connectivity index (χ3v) is 5.96. The van der Waals surface area contributed by atoms with Crippen LogP contribution in [0, 0.1) is 5.82 Å². The van der Waals surface area contributed by atoms with E-state index in [4.69, 9.17) is 11.6 Å². The minimum Gasteiger partial charge on any atom is -0.479 e. The van der Waals surface area contributed by atoms with Gasteiger partial charge in [-0.1, -0.05) is 54.1 Å². The first-order valence-electron chi connectivity index (χ1n) is 10.0. The Bertz CT molecular complexity index is 1130. The number of aliphatic carboxylic acids is 1. The molecule has 3 aromatic carbocycles.